The van der Waals surface area contributed by atoms with Gasteiger partial charge in [-0.3, -0.25) is 0 Å². The van der Waals surface area contributed by atoms with Gasteiger partial charge in [0.05, 0.1) is 5.76 Å². The van der Waals surface area contributed by atoms with Crippen molar-refractivity contribution in [2.45, 2.75) is 38.4 Å². The van der Waals surface area contributed by atoms with Crippen LogP contribution in [0.2, 0.25) is 0 Å². The van der Waals surface area contributed by atoms with Crippen molar-refractivity contribution in [3.05, 3.63) is 48.8 Å². The number of nitrogens with zero attached hydrogens (tertiary/aromatic N) is 1. The topological polar surface area (TPSA) is 33.7 Å². The molecule has 5 heteroatoms. The summed E-state index contributed by atoms with van der Waals surface area (Å²) in [4.78, 5) is 2.03. The van der Waals surface area contributed by atoms with Crippen molar-refractivity contribution in [1.29, 1.82) is 0 Å². The van der Waals surface area contributed by atoms with Gasteiger partial charge in [-0.2, -0.15) is 0 Å². The molecule has 1 fully saturated rings. The third kappa shape index (κ3) is 4.08. The van der Waals surface area contributed by atoms with E-state index in [0.717, 1.165) is 41.4 Å². The fourth-order valence-corrected chi connectivity index (χ4v) is 3.16. The quantitative estimate of drug-likeness (QED) is 0.759. The summed E-state index contributed by atoms with van der Waals surface area (Å²) in [6.07, 6.45) is 3.96. The van der Waals surface area contributed by atoms with Gasteiger partial charge in [-0.25, -0.2) is 0 Å². The Labute approximate surface area is 131 Å². The molecule has 0 aliphatic carbocycles. The first-order valence-corrected chi connectivity index (χ1v) is 8.25. The molecule has 2 rings (SSSR count). The number of ether oxygens (including phenoxy) is 2. The molecule has 1 N–H and O–H groups in total. The zero-order chi connectivity index (χ0) is 15.4. The van der Waals surface area contributed by atoms with Crippen LogP contribution in [0.1, 0.15) is 26.7 Å². The predicted octanol–water partition coefficient (Wildman–Crippen LogP) is 3.53. The van der Waals surface area contributed by atoms with Gasteiger partial charge < -0.3 is 19.7 Å². The highest BCUT2D eigenvalue weighted by atomic mass is 32.2. The van der Waals surface area contributed by atoms with E-state index in [9.17, 15) is 0 Å². The number of hydrogen-bond donors (Lipinski definition) is 1. The van der Waals surface area contributed by atoms with Gasteiger partial charge in [-0.05, 0) is 18.9 Å². The Morgan fingerprint density at radius 3 is 3.05 bits per heavy atom. The molecule has 0 spiro atoms. The number of hydrogen-bond acceptors (Lipinski definition) is 5. The van der Waals surface area contributed by atoms with Gasteiger partial charge in [0.1, 0.15) is 24.1 Å². The lowest BCUT2D eigenvalue weighted by molar-refractivity contribution is -0.0318. The number of rotatable bonds is 6. The standard InChI is InChI=1S/C16H24N2O2S/c1-6-7-12(3)19-9-16-20-15(10-21-16)18-8-11(2)13(4)17-14(18)5/h8,15-17H,3-7,9-10H2,1-2H3. The maximum Gasteiger partial charge on any atom is 0.145 e. The minimum absolute atomic E-state index is 0.0221. The molecule has 21 heavy (non-hydrogen) atoms. The molecule has 2 atom stereocenters. The van der Waals surface area contributed by atoms with Crippen LogP contribution in [0.4, 0.5) is 0 Å². The first-order chi connectivity index (χ1) is 10.0. The summed E-state index contributed by atoms with van der Waals surface area (Å²) < 4.78 is 11.7. The molecule has 2 unspecified atom stereocenters. The van der Waals surface area contributed by atoms with E-state index < -0.39 is 0 Å². The molecular weight excluding hydrogens is 284 g/mol. The van der Waals surface area contributed by atoms with Crippen LogP contribution < -0.4 is 5.32 Å². The molecular formula is C16H24N2O2S. The van der Waals surface area contributed by atoms with Crippen molar-refractivity contribution in [3.8, 4) is 0 Å². The highest BCUT2D eigenvalue weighted by molar-refractivity contribution is 8.00. The average molecular weight is 308 g/mol. The van der Waals surface area contributed by atoms with Crippen LogP contribution in [0.3, 0.4) is 0 Å². The molecule has 1 saturated heterocycles. The van der Waals surface area contributed by atoms with Crippen LogP contribution in [0.5, 0.6) is 0 Å². The molecule has 0 aromatic rings. The van der Waals surface area contributed by atoms with Crippen molar-refractivity contribution in [1.82, 2.24) is 10.2 Å². The maximum atomic E-state index is 6.03. The van der Waals surface area contributed by atoms with Gasteiger partial charge in [0.25, 0.3) is 0 Å². The van der Waals surface area contributed by atoms with Gasteiger partial charge in [0.2, 0.25) is 0 Å². The molecule has 0 amide bonds. The Hall–Kier alpha value is -1.33. The van der Waals surface area contributed by atoms with Crippen LogP contribution in [0, 0.1) is 0 Å². The first kappa shape index (κ1) is 16.0. The van der Waals surface area contributed by atoms with Crippen LogP contribution in [0.15, 0.2) is 48.8 Å². The Balaban J connectivity index is 1.86. The van der Waals surface area contributed by atoms with E-state index >= 15 is 0 Å². The first-order valence-electron chi connectivity index (χ1n) is 7.21. The molecule has 0 aromatic carbocycles. The van der Waals surface area contributed by atoms with E-state index in [2.05, 4.69) is 32.0 Å². The summed E-state index contributed by atoms with van der Waals surface area (Å²) in [6, 6.07) is 0. The highest BCUT2D eigenvalue weighted by Crippen LogP contribution is 2.31. The Bertz CT molecular complexity index is 473. The van der Waals surface area contributed by atoms with Gasteiger partial charge in [-0.1, -0.05) is 26.7 Å². The van der Waals surface area contributed by atoms with Crippen LogP contribution >= 0.6 is 11.8 Å². The lowest BCUT2D eigenvalue weighted by atomic mass is 10.2. The fraction of sp³-hybridized carbons (Fsp3) is 0.500. The lowest BCUT2D eigenvalue weighted by Crippen LogP contribution is -2.40. The SMILES string of the molecule is C=C(CCC)OCC1OC(N2C=C(C)C(=C)NC2=C)CS1. The average Bonchev–Trinajstić information content (AvgIpc) is 2.89. The third-order valence-electron chi connectivity index (χ3n) is 3.41. The highest BCUT2D eigenvalue weighted by Gasteiger charge is 2.32. The summed E-state index contributed by atoms with van der Waals surface area (Å²) >= 11 is 1.76. The van der Waals surface area contributed by atoms with E-state index in [4.69, 9.17) is 9.47 Å². The molecule has 116 valence electrons. The summed E-state index contributed by atoms with van der Waals surface area (Å²) in [6.45, 7) is 16.6. The Morgan fingerprint density at radius 1 is 1.57 bits per heavy atom. The summed E-state index contributed by atoms with van der Waals surface area (Å²) in [7, 11) is 0. The van der Waals surface area contributed by atoms with E-state index in [1.807, 2.05) is 18.0 Å². The lowest BCUT2D eigenvalue weighted by Gasteiger charge is -2.34. The zero-order valence-electron chi connectivity index (χ0n) is 12.9. The maximum absolute atomic E-state index is 6.03. The fourth-order valence-electron chi connectivity index (χ4n) is 2.17. The number of thioether (sulfide) groups is 1. The molecule has 2 aliphatic heterocycles. The number of nitrogens with one attached hydrogen (secondary N) is 1. The monoisotopic (exact) mass is 308 g/mol. The van der Waals surface area contributed by atoms with Crippen molar-refractivity contribution in [2.24, 2.45) is 0 Å². The largest absolute Gasteiger partial charge is 0.495 e. The van der Waals surface area contributed by atoms with Crippen LogP contribution in [0.25, 0.3) is 0 Å². The summed E-state index contributed by atoms with van der Waals surface area (Å²) in [5, 5.41) is 3.17. The molecule has 0 aromatic heterocycles. The van der Waals surface area contributed by atoms with E-state index in [0.29, 0.717) is 6.61 Å². The molecule has 0 radical (unpaired) electrons. The van der Waals surface area contributed by atoms with Crippen molar-refractivity contribution in [2.75, 3.05) is 12.4 Å². The minimum atomic E-state index is -0.0221. The molecule has 0 saturated carbocycles. The van der Waals surface area contributed by atoms with Crippen molar-refractivity contribution >= 4 is 11.8 Å². The smallest absolute Gasteiger partial charge is 0.145 e. The Morgan fingerprint density at radius 2 is 2.33 bits per heavy atom. The zero-order valence-corrected chi connectivity index (χ0v) is 13.7. The molecule has 2 heterocycles. The van der Waals surface area contributed by atoms with E-state index in [-0.39, 0.29) is 11.7 Å². The second-order valence-corrected chi connectivity index (χ2v) is 6.42. The minimum Gasteiger partial charge on any atom is -0.495 e. The molecule has 2 aliphatic rings. The summed E-state index contributed by atoms with van der Waals surface area (Å²) in [5.74, 6) is 2.51. The van der Waals surface area contributed by atoms with Crippen molar-refractivity contribution < 1.29 is 9.47 Å². The van der Waals surface area contributed by atoms with Crippen LogP contribution in [-0.4, -0.2) is 28.9 Å². The number of allylic oxidation sites excluding steroid dienone is 2. The van der Waals surface area contributed by atoms with E-state index in [1.54, 1.807) is 11.8 Å². The second kappa shape index (κ2) is 7.09. The molecule has 0 bridgehead atoms. The predicted molar refractivity (Wildman–Crippen MR) is 88.1 cm³/mol. The molecule has 4 nitrogen and oxygen atoms in total. The van der Waals surface area contributed by atoms with Gasteiger partial charge in [0, 0.05) is 24.1 Å². The van der Waals surface area contributed by atoms with Crippen molar-refractivity contribution in [3.63, 3.8) is 0 Å². The normalized spacial score (nSPS) is 25.6. The van der Waals surface area contributed by atoms with Gasteiger partial charge in [-0.15, -0.1) is 11.8 Å². The van der Waals surface area contributed by atoms with Gasteiger partial charge in [0.15, 0.2) is 0 Å². The summed E-state index contributed by atoms with van der Waals surface area (Å²) in [5.41, 5.74) is 2.01. The third-order valence-corrected chi connectivity index (χ3v) is 4.51. The van der Waals surface area contributed by atoms with Gasteiger partial charge >= 0.3 is 0 Å². The second-order valence-electron chi connectivity index (χ2n) is 5.22. The van der Waals surface area contributed by atoms with E-state index in [1.165, 1.54) is 0 Å². The Kier molecular flexibility index (Phi) is 5.42. The van der Waals surface area contributed by atoms with Crippen LogP contribution in [-0.2, 0) is 9.47 Å².